The summed E-state index contributed by atoms with van der Waals surface area (Å²) in [6, 6.07) is 6.81. The minimum absolute atomic E-state index is 0.170. The maximum Gasteiger partial charge on any atom is 0.149 e. The second-order valence-electron chi connectivity index (χ2n) is 8.96. The van der Waals surface area contributed by atoms with E-state index in [2.05, 4.69) is 20.9 Å². The van der Waals surface area contributed by atoms with E-state index in [4.69, 9.17) is 4.74 Å². The second-order valence-corrected chi connectivity index (χ2v) is 8.96. The summed E-state index contributed by atoms with van der Waals surface area (Å²) >= 11 is 0. The SMILES string of the molecule is COCCN[C@H]1CC[C@H](Nc2cc(-c3cc(NCC4(O)CC4)ccc3F)c(F)cn2)CC1. The van der Waals surface area contributed by atoms with Crippen molar-refractivity contribution < 1.29 is 18.6 Å². The number of benzene rings is 1. The molecule has 0 bridgehead atoms. The van der Waals surface area contributed by atoms with Crippen LogP contribution < -0.4 is 16.0 Å². The van der Waals surface area contributed by atoms with Crippen LogP contribution in [0.1, 0.15) is 38.5 Å². The molecule has 4 N–H and O–H groups in total. The Labute approximate surface area is 187 Å². The molecule has 2 fully saturated rings. The zero-order chi connectivity index (χ0) is 22.6. The number of anilines is 2. The number of aliphatic hydroxyl groups is 1. The van der Waals surface area contributed by atoms with Crippen LogP contribution in [0.4, 0.5) is 20.3 Å². The van der Waals surface area contributed by atoms with Gasteiger partial charge in [0, 0.05) is 49.1 Å². The fourth-order valence-corrected chi connectivity index (χ4v) is 4.17. The molecule has 1 aromatic carbocycles. The van der Waals surface area contributed by atoms with Crippen LogP contribution in [0, 0.1) is 11.6 Å². The molecule has 174 valence electrons. The van der Waals surface area contributed by atoms with E-state index in [1.807, 2.05) is 0 Å². The van der Waals surface area contributed by atoms with Crippen LogP contribution in [-0.4, -0.2) is 54.6 Å². The van der Waals surface area contributed by atoms with Crippen LogP contribution >= 0.6 is 0 Å². The summed E-state index contributed by atoms with van der Waals surface area (Å²) in [7, 11) is 1.70. The largest absolute Gasteiger partial charge is 0.388 e. The van der Waals surface area contributed by atoms with Gasteiger partial charge in [0.25, 0.3) is 0 Å². The van der Waals surface area contributed by atoms with Gasteiger partial charge in [-0.1, -0.05) is 0 Å². The summed E-state index contributed by atoms with van der Waals surface area (Å²) in [5, 5.41) is 20.0. The van der Waals surface area contributed by atoms with E-state index in [1.165, 1.54) is 6.07 Å². The van der Waals surface area contributed by atoms with Gasteiger partial charge < -0.3 is 25.8 Å². The topological polar surface area (TPSA) is 78.4 Å². The lowest BCUT2D eigenvalue weighted by molar-refractivity contribution is 0.164. The van der Waals surface area contributed by atoms with E-state index in [1.54, 1.807) is 25.3 Å². The smallest absolute Gasteiger partial charge is 0.149 e. The van der Waals surface area contributed by atoms with Gasteiger partial charge in [-0.2, -0.15) is 0 Å². The molecule has 2 aliphatic carbocycles. The van der Waals surface area contributed by atoms with E-state index in [0.717, 1.165) is 51.3 Å². The van der Waals surface area contributed by atoms with Gasteiger partial charge in [-0.3, -0.25) is 0 Å². The summed E-state index contributed by atoms with van der Waals surface area (Å²) in [6.45, 7) is 1.95. The molecule has 2 aliphatic rings. The van der Waals surface area contributed by atoms with Gasteiger partial charge in [0.05, 0.1) is 18.4 Å². The molecule has 32 heavy (non-hydrogen) atoms. The first-order valence-corrected chi connectivity index (χ1v) is 11.4. The number of ether oxygens (including phenoxy) is 1. The Hall–Kier alpha value is -2.29. The summed E-state index contributed by atoms with van der Waals surface area (Å²) in [4.78, 5) is 4.18. The number of hydrogen-bond acceptors (Lipinski definition) is 6. The summed E-state index contributed by atoms with van der Waals surface area (Å²) in [5.41, 5.74) is 0.313. The highest BCUT2D eigenvalue weighted by Crippen LogP contribution is 2.36. The maximum atomic E-state index is 14.6. The molecule has 6 nitrogen and oxygen atoms in total. The summed E-state index contributed by atoms with van der Waals surface area (Å²) < 4.78 is 34.3. The van der Waals surface area contributed by atoms with Gasteiger partial charge in [-0.05, 0) is 62.8 Å². The van der Waals surface area contributed by atoms with Crippen molar-refractivity contribution in [3.63, 3.8) is 0 Å². The molecule has 2 saturated carbocycles. The predicted octanol–water partition coefficient (Wildman–Crippen LogP) is 3.92. The van der Waals surface area contributed by atoms with E-state index < -0.39 is 17.2 Å². The lowest BCUT2D eigenvalue weighted by Gasteiger charge is -2.30. The molecular weight excluding hydrogens is 414 g/mol. The Balaban J connectivity index is 1.41. The van der Waals surface area contributed by atoms with Gasteiger partial charge in [-0.15, -0.1) is 0 Å². The first-order chi connectivity index (χ1) is 15.5. The normalized spacial score (nSPS) is 21.9. The average molecular weight is 447 g/mol. The van der Waals surface area contributed by atoms with Gasteiger partial charge in [-0.25, -0.2) is 13.8 Å². The Bertz CT molecular complexity index is 915. The van der Waals surface area contributed by atoms with Crippen LogP contribution in [0.5, 0.6) is 0 Å². The highest BCUT2D eigenvalue weighted by Gasteiger charge is 2.39. The molecule has 0 amide bonds. The fraction of sp³-hybridized carbons (Fsp3) is 0.542. The van der Waals surface area contributed by atoms with E-state index in [-0.39, 0.29) is 17.2 Å². The molecule has 1 aromatic heterocycles. The predicted molar refractivity (Wildman–Crippen MR) is 122 cm³/mol. The molecule has 0 unspecified atom stereocenters. The van der Waals surface area contributed by atoms with Crippen molar-refractivity contribution in [1.82, 2.24) is 10.3 Å². The molecule has 1 heterocycles. The first-order valence-electron chi connectivity index (χ1n) is 11.4. The Kier molecular flexibility index (Phi) is 7.23. The van der Waals surface area contributed by atoms with Crippen LogP contribution in [-0.2, 0) is 4.74 Å². The summed E-state index contributed by atoms with van der Waals surface area (Å²) in [5.74, 6) is -0.528. The minimum Gasteiger partial charge on any atom is -0.388 e. The lowest BCUT2D eigenvalue weighted by atomic mass is 9.91. The Morgan fingerprint density at radius 3 is 2.50 bits per heavy atom. The van der Waals surface area contributed by atoms with Crippen molar-refractivity contribution in [1.29, 1.82) is 0 Å². The van der Waals surface area contributed by atoms with E-state index in [9.17, 15) is 13.9 Å². The molecule has 4 rings (SSSR count). The molecular formula is C24H32F2N4O2. The zero-order valence-corrected chi connectivity index (χ0v) is 18.5. The van der Waals surface area contributed by atoms with E-state index in [0.29, 0.717) is 30.7 Å². The van der Waals surface area contributed by atoms with Crippen LogP contribution in [0.25, 0.3) is 11.1 Å². The molecule has 0 aliphatic heterocycles. The van der Waals surface area contributed by atoms with Crippen molar-refractivity contribution >= 4 is 11.5 Å². The van der Waals surface area contributed by atoms with Gasteiger partial charge >= 0.3 is 0 Å². The van der Waals surface area contributed by atoms with Crippen LogP contribution in [0.2, 0.25) is 0 Å². The van der Waals surface area contributed by atoms with E-state index >= 15 is 0 Å². The van der Waals surface area contributed by atoms with Crippen LogP contribution in [0.3, 0.4) is 0 Å². The number of rotatable bonds is 10. The Morgan fingerprint density at radius 2 is 1.78 bits per heavy atom. The minimum atomic E-state index is -0.675. The quantitative estimate of drug-likeness (QED) is 0.415. The van der Waals surface area contributed by atoms with Crippen molar-refractivity contribution in [3.05, 3.63) is 42.1 Å². The van der Waals surface area contributed by atoms with Gasteiger partial charge in [0.15, 0.2) is 0 Å². The highest BCUT2D eigenvalue weighted by atomic mass is 19.1. The standard InChI is InChI=1S/C24H32F2N4O2/c1-32-11-10-27-16-2-4-17(5-3-16)30-23-13-20(22(26)14-28-23)19-12-18(6-7-21(19)25)29-15-24(31)8-9-24/h6-7,12-14,16-17,27,29,31H,2-5,8-11,15H2,1H3,(H,28,30)/t16-,17-. The fourth-order valence-electron chi connectivity index (χ4n) is 4.17. The van der Waals surface area contributed by atoms with Crippen molar-refractivity contribution in [3.8, 4) is 11.1 Å². The average Bonchev–Trinajstić information content (AvgIpc) is 3.53. The Morgan fingerprint density at radius 1 is 1.06 bits per heavy atom. The third-order valence-corrected chi connectivity index (χ3v) is 6.38. The zero-order valence-electron chi connectivity index (χ0n) is 18.5. The van der Waals surface area contributed by atoms with Crippen molar-refractivity contribution in [2.24, 2.45) is 0 Å². The molecule has 0 atom stereocenters. The number of halogens is 2. The van der Waals surface area contributed by atoms with Gasteiger partial charge in [0.2, 0.25) is 0 Å². The first kappa shape index (κ1) is 22.9. The number of nitrogens with one attached hydrogen (secondary N) is 3. The number of hydrogen-bond donors (Lipinski definition) is 4. The number of aromatic nitrogens is 1. The molecule has 0 spiro atoms. The monoisotopic (exact) mass is 446 g/mol. The van der Waals surface area contributed by atoms with Crippen molar-refractivity contribution in [2.75, 3.05) is 37.4 Å². The second kappa shape index (κ2) is 10.1. The van der Waals surface area contributed by atoms with Gasteiger partial charge in [0.1, 0.15) is 17.5 Å². The third kappa shape index (κ3) is 5.94. The molecule has 2 aromatic rings. The number of nitrogens with zero attached hydrogens (tertiary/aromatic N) is 1. The molecule has 0 saturated heterocycles. The molecule has 0 radical (unpaired) electrons. The highest BCUT2D eigenvalue weighted by molar-refractivity contribution is 5.71. The summed E-state index contributed by atoms with van der Waals surface area (Å²) in [6.07, 6.45) is 6.71. The third-order valence-electron chi connectivity index (χ3n) is 6.38. The lowest BCUT2D eigenvalue weighted by Crippen LogP contribution is -2.38. The number of methoxy groups -OCH3 is 1. The number of pyridine rings is 1. The molecule has 8 heteroatoms. The van der Waals surface area contributed by atoms with Crippen LogP contribution in [0.15, 0.2) is 30.5 Å². The van der Waals surface area contributed by atoms with Crippen molar-refractivity contribution in [2.45, 2.75) is 56.2 Å². The maximum absolute atomic E-state index is 14.6.